The molecule has 1 N–H and O–H groups in total. The van der Waals surface area contributed by atoms with Crippen LogP contribution in [0.3, 0.4) is 0 Å². The second-order valence-corrected chi connectivity index (χ2v) is 6.09. The molecule has 3 heteroatoms. The van der Waals surface area contributed by atoms with Crippen molar-refractivity contribution >= 4 is 16.8 Å². The summed E-state index contributed by atoms with van der Waals surface area (Å²) in [5, 5.41) is 1.02. The number of carbonyl (C=O) groups excluding carboxylic acids is 1. The van der Waals surface area contributed by atoms with E-state index in [9.17, 15) is 4.79 Å². The van der Waals surface area contributed by atoms with E-state index in [1.165, 1.54) is 12.8 Å². The molecular formula is C17H22N2O. The summed E-state index contributed by atoms with van der Waals surface area (Å²) < 4.78 is 0. The van der Waals surface area contributed by atoms with Gasteiger partial charge in [-0.2, -0.15) is 0 Å². The molecule has 2 aromatic rings. The number of amides is 1. The highest BCUT2D eigenvalue weighted by Crippen LogP contribution is 2.28. The van der Waals surface area contributed by atoms with Crippen LogP contribution in [0.25, 0.3) is 10.9 Å². The highest BCUT2D eigenvalue weighted by molar-refractivity contribution is 6.06. The molecule has 1 saturated carbocycles. The van der Waals surface area contributed by atoms with Crippen LogP contribution < -0.4 is 0 Å². The molecule has 3 rings (SSSR count). The number of benzene rings is 1. The average Bonchev–Trinajstić information content (AvgIpc) is 2.89. The van der Waals surface area contributed by atoms with E-state index in [1.807, 2.05) is 42.4 Å². The fraction of sp³-hybridized carbons (Fsp3) is 0.471. The van der Waals surface area contributed by atoms with Crippen LogP contribution in [0.5, 0.6) is 0 Å². The fourth-order valence-electron chi connectivity index (χ4n) is 3.36. The van der Waals surface area contributed by atoms with Crippen molar-refractivity contribution < 1.29 is 4.79 Å². The third-order valence-corrected chi connectivity index (χ3v) is 4.60. The molecule has 1 fully saturated rings. The summed E-state index contributed by atoms with van der Waals surface area (Å²) in [6.07, 6.45) is 6.64. The van der Waals surface area contributed by atoms with E-state index in [2.05, 4.69) is 11.9 Å². The number of rotatable bonds is 2. The number of nitrogens with zero attached hydrogens (tertiary/aromatic N) is 1. The standard InChI is InChI=1S/C17H22N2O/c1-12-6-5-7-13(10-12)19(2)17(20)15-11-18-16-9-4-3-8-14(15)16/h3-4,8-9,11-13,18H,5-7,10H2,1-2H3. The first-order valence-electron chi connectivity index (χ1n) is 7.50. The Morgan fingerprint density at radius 2 is 2.10 bits per heavy atom. The number of hydrogen-bond acceptors (Lipinski definition) is 1. The first-order valence-corrected chi connectivity index (χ1v) is 7.50. The molecule has 0 bridgehead atoms. The van der Waals surface area contributed by atoms with E-state index in [1.54, 1.807) is 0 Å². The lowest BCUT2D eigenvalue weighted by Gasteiger charge is -2.34. The Kier molecular flexibility index (Phi) is 3.51. The largest absolute Gasteiger partial charge is 0.360 e. The van der Waals surface area contributed by atoms with Crippen LogP contribution in [0.15, 0.2) is 30.5 Å². The Labute approximate surface area is 120 Å². The highest BCUT2D eigenvalue weighted by atomic mass is 16.2. The van der Waals surface area contributed by atoms with Crippen molar-refractivity contribution in [3.63, 3.8) is 0 Å². The summed E-state index contributed by atoms with van der Waals surface area (Å²) in [6, 6.07) is 8.38. The van der Waals surface area contributed by atoms with Crippen LogP contribution in [0, 0.1) is 5.92 Å². The lowest BCUT2D eigenvalue weighted by atomic mass is 9.86. The zero-order valence-electron chi connectivity index (χ0n) is 12.2. The number of hydrogen-bond donors (Lipinski definition) is 1. The molecule has 20 heavy (non-hydrogen) atoms. The number of aromatic amines is 1. The molecule has 1 amide bonds. The van der Waals surface area contributed by atoms with Gasteiger partial charge >= 0.3 is 0 Å². The molecule has 2 atom stereocenters. The summed E-state index contributed by atoms with van der Waals surface area (Å²) in [5.74, 6) is 0.869. The normalized spacial score (nSPS) is 22.9. The zero-order chi connectivity index (χ0) is 14.1. The molecule has 3 nitrogen and oxygen atoms in total. The first kappa shape index (κ1) is 13.2. The molecule has 1 aromatic heterocycles. The molecule has 1 aliphatic carbocycles. The van der Waals surface area contributed by atoms with Gasteiger partial charge in [-0.05, 0) is 24.8 Å². The number of para-hydroxylation sites is 1. The van der Waals surface area contributed by atoms with Crippen LogP contribution in [0.4, 0.5) is 0 Å². The zero-order valence-corrected chi connectivity index (χ0v) is 12.2. The predicted molar refractivity (Wildman–Crippen MR) is 81.8 cm³/mol. The van der Waals surface area contributed by atoms with Crippen molar-refractivity contribution in [2.45, 2.75) is 38.6 Å². The van der Waals surface area contributed by atoms with E-state index in [0.717, 1.165) is 35.2 Å². The minimum Gasteiger partial charge on any atom is -0.360 e. The van der Waals surface area contributed by atoms with E-state index in [0.29, 0.717) is 6.04 Å². The van der Waals surface area contributed by atoms with Gasteiger partial charge in [0, 0.05) is 30.2 Å². The van der Waals surface area contributed by atoms with Crippen LogP contribution >= 0.6 is 0 Å². The molecule has 0 spiro atoms. The number of fused-ring (bicyclic) bond motifs is 1. The Bertz CT molecular complexity index is 616. The SMILES string of the molecule is CC1CCCC(N(C)C(=O)c2c[nH]c3ccccc23)C1. The van der Waals surface area contributed by atoms with E-state index in [4.69, 9.17) is 0 Å². The second kappa shape index (κ2) is 5.31. The van der Waals surface area contributed by atoms with Crippen molar-refractivity contribution in [1.82, 2.24) is 9.88 Å². The molecule has 1 aliphatic rings. The van der Waals surface area contributed by atoms with Crippen LogP contribution in [-0.2, 0) is 0 Å². The third-order valence-electron chi connectivity index (χ3n) is 4.60. The van der Waals surface area contributed by atoms with Gasteiger partial charge in [0.15, 0.2) is 0 Å². The maximum Gasteiger partial charge on any atom is 0.256 e. The van der Waals surface area contributed by atoms with Crippen LogP contribution in [0.2, 0.25) is 0 Å². The maximum atomic E-state index is 12.7. The van der Waals surface area contributed by atoms with Crippen LogP contribution in [-0.4, -0.2) is 28.9 Å². The van der Waals surface area contributed by atoms with Crippen molar-refractivity contribution in [2.24, 2.45) is 5.92 Å². The molecule has 106 valence electrons. The van der Waals surface area contributed by atoms with E-state index in [-0.39, 0.29) is 5.91 Å². The lowest BCUT2D eigenvalue weighted by Crippen LogP contribution is -2.39. The van der Waals surface area contributed by atoms with Gasteiger partial charge in [-0.3, -0.25) is 4.79 Å². The average molecular weight is 270 g/mol. The molecular weight excluding hydrogens is 248 g/mol. The minimum atomic E-state index is 0.140. The van der Waals surface area contributed by atoms with Gasteiger partial charge in [0.2, 0.25) is 0 Å². The second-order valence-electron chi connectivity index (χ2n) is 6.09. The summed E-state index contributed by atoms with van der Waals surface area (Å²) in [7, 11) is 1.95. The summed E-state index contributed by atoms with van der Waals surface area (Å²) in [4.78, 5) is 17.9. The molecule has 0 aliphatic heterocycles. The van der Waals surface area contributed by atoms with Gasteiger partial charge in [-0.25, -0.2) is 0 Å². The number of carbonyl (C=O) groups is 1. The molecule has 0 radical (unpaired) electrons. The van der Waals surface area contributed by atoms with Crippen molar-refractivity contribution in [3.05, 3.63) is 36.0 Å². The van der Waals surface area contributed by atoms with Crippen LogP contribution in [0.1, 0.15) is 43.0 Å². The van der Waals surface area contributed by atoms with Crippen molar-refractivity contribution in [3.8, 4) is 0 Å². The van der Waals surface area contributed by atoms with Gasteiger partial charge in [0.1, 0.15) is 0 Å². The summed E-state index contributed by atoms with van der Waals surface area (Å²) in [5.41, 5.74) is 1.82. The van der Waals surface area contributed by atoms with E-state index >= 15 is 0 Å². The van der Waals surface area contributed by atoms with Crippen molar-refractivity contribution in [1.29, 1.82) is 0 Å². The molecule has 1 heterocycles. The first-order chi connectivity index (χ1) is 9.66. The number of H-pyrrole nitrogens is 1. The highest BCUT2D eigenvalue weighted by Gasteiger charge is 2.27. The van der Waals surface area contributed by atoms with Gasteiger partial charge in [0.25, 0.3) is 5.91 Å². The third kappa shape index (κ3) is 2.33. The molecule has 2 unspecified atom stereocenters. The Morgan fingerprint density at radius 3 is 2.90 bits per heavy atom. The smallest absolute Gasteiger partial charge is 0.256 e. The number of aromatic nitrogens is 1. The van der Waals surface area contributed by atoms with Crippen molar-refractivity contribution in [2.75, 3.05) is 7.05 Å². The van der Waals surface area contributed by atoms with Gasteiger partial charge in [-0.1, -0.05) is 38.0 Å². The quantitative estimate of drug-likeness (QED) is 0.884. The van der Waals surface area contributed by atoms with Gasteiger partial charge < -0.3 is 9.88 Å². The fourth-order valence-corrected chi connectivity index (χ4v) is 3.36. The van der Waals surface area contributed by atoms with Gasteiger partial charge in [-0.15, -0.1) is 0 Å². The minimum absolute atomic E-state index is 0.140. The monoisotopic (exact) mass is 270 g/mol. The molecule has 1 aromatic carbocycles. The lowest BCUT2D eigenvalue weighted by molar-refractivity contribution is 0.0674. The summed E-state index contributed by atoms with van der Waals surface area (Å²) >= 11 is 0. The molecule has 0 saturated heterocycles. The summed E-state index contributed by atoms with van der Waals surface area (Å²) in [6.45, 7) is 2.29. The topological polar surface area (TPSA) is 36.1 Å². The number of nitrogens with one attached hydrogen (secondary N) is 1. The Balaban J connectivity index is 1.84. The van der Waals surface area contributed by atoms with Gasteiger partial charge in [0.05, 0.1) is 5.56 Å². The Hall–Kier alpha value is -1.77. The Morgan fingerprint density at radius 1 is 1.30 bits per heavy atom. The predicted octanol–water partition coefficient (Wildman–Crippen LogP) is 3.82. The van der Waals surface area contributed by atoms with E-state index < -0.39 is 0 Å². The maximum absolute atomic E-state index is 12.7.